The molecule has 0 aliphatic heterocycles. The molecule has 0 atom stereocenters. The molecule has 4 bridgehead atoms. The number of ether oxygens (including phenoxy) is 1. The minimum absolute atomic E-state index is 0.141. The predicted molar refractivity (Wildman–Crippen MR) is 100 cm³/mol. The molecule has 4 aliphatic carbocycles. The Kier molecular flexibility index (Phi) is 4.15. The van der Waals surface area contributed by atoms with Crippen LogP contribution in [0.2, 0.25) is 0 Å². The van der Waals surface area contributed by atoms with Crippen LogP contribution in [0.3, 0.4) is 0 Å². The van der Waals surface area contributed by atoms with E-state index in [1.165, 1.54) is 74.1 Å². The topological polar surface area (TPSA) is 64.1 Å². The second-order valence-electron chi connectivity index (χ2n) is 8.40. The SMILES string of the molecule is O=C(COc1ccc(F)cc1)Nc1nnc(C23CC4CC(CC(C4)C2)C3)s1. The van der Waals surface area contributed by atoms with Gasteiger partial charge in [-0.2, -0.15) is 0 Å². The molecule has 0 spiro atoms. The van der Waals surface area contributed by atoms with Gasteiger partial charge in [-0.3, -0.25) is 10.1 Å². The number of amides is 1. The van der Waals surface area contributed by atoms with Crippen LogP contribution in [-0.4, -0.2) is 22.7 Å². The second kappa shape index (κ2) is 6.55. The van der Waals surface area contributed by atoms with Crippen molar-refractivity contribution in [2.45, 2.75) is 43.9 Å². The molecule has 7 heteroatoms. The summed E-state index contributed by atoms with van der Waals surface area (Å²) in [6.45, 7) is -0.141. The summed E-state index contributed by atoms with van der Waals surface area (Å²) in [5, 5.41) is 13.1. The largest absolute Gasteiger partial charge is 0.484 e. The molecule has 1 aromatic carbocycles. The smallest absolute Gasteiger partial charge is 0.264 e. The van der Waals surface area contributed by atoms with E-state index in [0.29, 0.717) is 10.9 Å². The number of anilines is 1. The maximum Gasteiger partial charge on any atom is 0.264 e. The summed E-state index contributed by atoms with van der Waals surface area (Å²) >= 11 is 1.51. The van der Waals surface area contributed by atoms with Crippen molar-refractivity contribution in [2.75, 3.05) is 11.9 Å². The number of carbonyl (C=O) groups excluding carboxylic acids is 1. The van der Waals surface area contributed by atoms with Crippen LogP contribution in [-0.2, 0) is 10.2 Å². The van der Waals surface area contributed by atoms with Crippen molar-refractivity contribution in [3.8, 4) is 5.75 Å². The van der Waals surface area contributed by atoms with E-state index in [-0.39, 0.29) is 23.7 Å². The highest BCUT2D eigenvalue weighted by molar-refractivity contribution is 7.15. The van der Waals surface area contributed by atoms with Crippen molar-refractivity contribution in [2.24, 2.45) is 17.8 Å². The average molecular weight is 387 g/mol. The number of carbonyl (C=O) groups is 1. The van der Waals surface area contributed by atoms with Crippen LogP contribution in [0.4, 0.5) is 9.52 Å². The number of nitrogens with one attached hydrogen (secondary N) is 1. The fraction of sp³-hybridized carbons (Fsp3) is 0.550. The molecule has 0 radical (unpaired) electrons. The zero-order valence-electron chi connectivity index (χ0n) is 15.0. The normalized spacial score (nSPS) is 31.1. The fourth-order valence-corrected chi connectivity index (χ4v) is 6.67. The molecule has 27 heavy (non-hydrogen) atoms. The molecule has 1 aromatic heterocycles. The number of nitrogens with zero attached hydrogens (tertiary/aromatic N) is 2. The molecule has 0 saturated heterocycles. The molecular weight excluding hydrogens is 365 g/mol. The first-order valence-electron chi connectivity index (χ1n) is 9.60. The molecule has 4 saturated carbocycles. The zero-order chi connectivity index (χ0) is 18.4. The molecule has 1 heterocycles. The first-order chi connectivity index (χ1) is 13.1. The summed E-state index contributed by atoms with van der Waals surface area (Å²) in [6, 6.07) is 5.60. The van der Waals surface area contributed by atoms with Crippen molar-refractivity contribution in [1.29, 1.82) is 0 Å². The maximum atomic E-state index is 12.9. The highest BCUT2D eigenvalue weighted by atomic mass is 32.1. The van der Waals surface area contributed by atoms with Crippen LogP contribution in [0.15, 0.2) is 24.3 Å². The van der Waals surface area contributed by atoms with Gasteiger partial charge in [0.25, 0.3) is 5.91 Å². The maximum absolute atomic E-state index is 12.9. The molecule has 0 unspecified atom stereocenters. The molecule has 5 nitrogen and oxygen atoms in total. The number of halogens is 1. The van der Waals surface area contributed by atoms with Crippen LogP contribution in [0.1, 0.15) is 43.5 Å². The molecule has 2 aromatic rings. The van der Waals surface area contributed by atoms with E-state index >= 15 is 0 Å². The van der Waals surface area contributed by atoms with Gasteiger partial charge in [-0.15, -0.1) is 10.2 Å². The van der Waals surface area contributed by atoms with Gasteiger partial charge in [0, 0.05) is 5.41 Å². The average Bonchev–Trinajstić information content (AvgIpc) is 3.09. The summed E-state index contributed by atoms with van der Waals surface area (Å²) in [5.41, 5.74) is 0.194. The Balaban J connectivity index is 1.22. The van der Waals surface area contributed by atoms with Crippen molar-refractivity contribution in [3.63, 3.8) is 0 Å². The quantitative estimate of drug-likeness (QED) is 0.837. The Labute approximate surface area is 161 Å². The van der Waals surface area contributed by atoms with E-state index in [9.17, 15) is 9.18 Å². The number of rotatable bonds is 5. The van der Waals surface area contributed by atoms with Gasteiger partial charge >= 0.3 is 0 Å². The lowest BCUT2D eigenvalue weighted by Gasteiger charge is -2.55. The Morgan fingerprint density at radius 2 is 1.74 bits per heavy atom. The minimum Gasteiger partial charge on any atom is -0.484 e. The third kappa shape index (κ3) is 3.33. The van der Waals surface area contributed by atoms with E-state index in [4.69, 9.17) is 4.74 Å². The fourth-order valence-electron chi connectivity index (χ4n) is 5.70. The highest BCUT2D eigenvalue weighted by Gasteiger charge is 2.53. The Morgan fingerprint density at radius 3 is 2.37 bits per heavy atom. The van der Waals surface area contributed by atoms with E-state index in [1.807, 2.05) is 0 Å². The molecule has 4 aliphatic rings. The van der Waals surface area contributed by atoms with Crippen molar-refractivity contribution in [3.05, 3.63) is 35.1 Å². The van der Waals surface area contributed by atoms with Gasteiger partial charge < -0.3 is 4.74 Å². The number of hydrogen-bond donors (Lipinski definition) is 1. The molecule has 1 N–H and O–H groups in total. The standard InChI is InChI=1S/C20H22FN3O2S/c21-15-1-3-16(4-2-15)26-11-17(25)22-19-24-23-18(27-19)20-8-12-5-13(9-20)7-14(6-12)10-20/h1-4,12-14H,5-11H2,(H,22,24,25). The Morgan fingerprint density at radius 1 is 1.11 bits per heavy atom. The number of hydrogen-bond acceptors (Lipinski definition) is 5. The van der Waals surface area contributed by atoms with Crippen LogP contribution in [0, 0.1) is 23.6 Å². The van der Waals surface area contributed by atoms with E-state index in [0.717, 1.165) is 22.8 Å². The highest BCUT2D eigenvalue weighted by Crippen LogP contribution is 2.61. The van der Waals surface area contributed by atoms with Gasteiger partial charge in [-0.1, -0.05) is 11.3 Å². The monoisotopic (exact) mass is 387 g/mol. The van der Waals surface area contributed by atoms with Crippen LogP contribution < -0.4 is 10.1 Å². The first kappa shape index (κ1) is 17.1. The molecule has 4 fully saturated rings. The van der Waals surface area contributed by atoms with Crippen molar-refractivity contribution < 1.29 is 13.9 Å². The lowest BCUT2D eigenvalue weighted by molar-refractivity contribution is -0.118. The van der Waals surface area contributed by atoms with Crippen LogP contribution >= 0.6 is 11.3 Å². The predicted octanol–water partition coefficient (Wildman–Crippen LogP) is 4.16. The Bertz CT molecular complexity index is 816. The van der Waals surface area contributed by atoms with Gasteiger partial charge in [0.2, 0.25) is 5.13 Å². The summed E-state index contributed by atoms with van der Waals surface area (Å²) in [7, 11) is 0. The van der Waals surface area contributed by atoms with Crippen LogP contribution in [0.25, 0.3) is 0 Å². The van der Waals surface area contributed by atoms with Gasteiger partial charge in [-0.25, -0.2) is 4.39 Å². The van der Waals surface area contributed by atoms with E-state index < -0.39 is 0 Å². The van der Waals surface area contributed by atoms with Gasteiger partial charge in [0.05, 0.1) is 0 Å². The third-order valence-electron chi connectivity index (χ3n) is 6.35. The third-order valence-corrected chi connectivity index (χ3v) is 7.43. The summed E-state index contributed by atoms with van der Waals surface area (Å²) in [6.07, 6.45) is 7.87. The van der Waals surface area contributed by atoms with Crippen LogP contribution in [0.5, 0.6) is 5.75 Å². The Hall–Kier alpha value is -2.02. The minimum atomic E-state index is -0.335. The first-order valence-corrected chi connectivity index (χ1v) is 10.4. The second-order valence-corrected chi connectivity index (χ2v) is 9.38. The molecule has 142 valence electrons. The number of benzene rings is 1. The van der Waals surface area contributed by atoms with Gasteiger partial charge in [0.1, 0.15) is 16.6 Å². The van der Waals surface area contributed by atoms with E-state index in [1.54, 1.807) is 0 Å². The number of aromatic nitrogens is 2. The lowest BCUT2D eigenvalue weighted by Crippen LogP contribution is -2.48. The summed E-state index contributed by atoms with van der Waals surface area (Å²) in [5.74, 6) is 2.38. The lowest BCUT2D eigenvalue weighted by atomic mass is 9.50. The molecule has 6 rings (SSSR count). The van der Waals surface area contributed by atoms with Gasteiger partial charge in [0.15, 0.2) is 6.61 Å². The molecule has 1 amide bonds. The van der Waals surface area contributed by atoms with Crippen molar-refractivity contribution >= 4 is 22.4 Å². The molecular formula is C20H22FN3O2S. The zero-order valence-corrected chi connectivity index (χ0v) is 15.8. The van der Waals surface area contributed by atoms with E-state index in [2.05, 4.69) is 15.5 Å². The van der Waals surface area contributed by atoms with Crippen molar-refractivity contribution in [1.82, 2.24) is 10.2 Å². The summed E-state index contributed by atoms with van der Waals surface area (Å²) < 4.78 is 18.3. The van der Waals surface area contributed by atoms with Gasteiger partial charge in [-0.05, 0) is 80.5 Å². The summed E-state index contributed by atoms with van der Waals surface area (Å²) in [4.78, 5) is 12.1.